The van der Waals surface area contributed by atoms with Gasteiger partial charge in [-0.2, -0.15) is 18.3 Å². The first-order valence-corrected chi connectivity index (χ1v) is 14.7. The second-order valence-electron chi connectivity index (χ2n) is 10.7. The molecule has 244 valence electrons. The van der Waals surface area contributed by atoms with Gasteiger partial charge in [0.2, 0.25) is 11.5 Å². The maximum Gasteiger partial charge on any atom is 0.424 e. The van der Waals surface area contributed by atoms with E-state index in [0.717, 1.165) is 31.0 Å². The third kappa shape index (κ3) is 6.42. The van der Waals surface area contributed by atoms with E-state index >= 15 is 4.39 Å². The highest BCUT2D eigenvalue weighted by atomic mass is 35.5. The van der Waals surface area contributed by atoms with E-state index in [1.165, 1.54) is 19.2 Å². The maximum atomic E-state index is 15.2. The lowest BCUT2D eigenvalue weighted by Crippen LogP contribution is -2.51. The Balaban J connectivity index is 1.58. The summed E-state index contributed by atoms with van der Waals surface area (Å²) >= 11 is 12.0. The number of aromatic nitrogens is 3. The van der Waals surface area contributed by atoms with E-state index < -0.39 is 59.3 Å². The molecule has 4 aromatic rings. The van der Waals surface area contributed by atoms with E-state index in [-0.39, 0.29) is 45.3 Å². The zero-order valence-electron chi connectivity index (χ0n) is 24.3. The summed E-state index contributed by atoms with van der Waals surface area (Å²) in [7, 11) is 1.37. The van der Waals surface area contributed by atoms with Crippen molar-refractivity contribution in [3.05, 3.63) is 69.2 Å². The monoisotopic (exact) mass is 683 g/mol. The highest BCUT2D eigenvalue weighted by Gasteiger charge is 2.57. The summed E-state index contributed by atoms with van der Waals surface area (Å²) < 4.78 is 72.0. The molecule has 2 aromatic carbocycles. The summed E-state index contributed by atoms with van der Waals surface area (Å²) in [5.74, 6) is -2.99. The number of halogens is 6. The lowest BCUT2D eigenvalue weighted by atomic mass is 9.93. The van der Waals surface area contributed by atoms with E-state index in [1.807, 2.05) is 0 Å². The molecule has 0 bridgehead atoms. The lowest BCUT2D eigenvalue weighted by Gasteiger charge is -2.31. The van der Waals surface area contributed by atoms with Crippen molar-refractivity contribution >= 4 is 45.9 Å². The third-order valence-electron chi connectivity index (χ3n) is 7.36. The van der Waals surface area contributed by atoms with Crippen LogP contribution in [0.5, 0.6) is 11.5 Å². The van der Waals surface area contributed by atoms with E-state index in [0.29, 0.717) is 10.9 Å². The molecule has 0 unspecified atom stereocenters. The van der Waals surface area contributed by atoms with Crippen molar-refractivity contribution in [3.8, 4) is 22.8 Å². The van der Waals surface area contributed by atoms with Crippen LogP contribution in [-0.2, 0) is 16.8 Å². The second-order valence-corrected chi connectivity index (χ2v) is 11.5. The third-order valence-corrected chi connectivity index (χ3v) is 8.08. The maximum absolute atomic E-state index is 15.2. The summed E-state index contributed by atoms with van der Waals surface area (Å²) in [4.78, 5) is 29.1. The molecule has 16 heteroatoms. The molecule has 1 aliphatic carbocycles. The minimum Gasteiger partial charge on any atom is -0.494 e. The lowest BCUT2D eigenvalue weighted by molar-refractivity contribution is -0.265. The highest BCUT2D eigenvalue weighted by Crippen LogP contribution is 2.43. The average Bonchev–Trinajstić information content (AvgIpc) is 3.75. The van der Waals surface area contributed by atoms with Crippen molar-refractivity contribution in [2.45, 2.75) is 44.0 Å². The fourth-order valence-corrected chi connectivity index (χ4v) is 5.20. The predicted molar refractivity (Wildman–Crippen MR) is 161 cm³/mol. The van der Waals surface area contributed by atoms with Gasteiger partial charge in [-0.1, -0.05) is 23.2 Å². The summed E-state index contributed by atoms with van der Waals surface area (Å²) in [5.41, 5.74) is -0.299. The summed E-state index contributed by atoms with van der Waals surface area (Å²) in [5, 5.41) is 18.0. The van der Waals surface area contributed by atoms with Crippen molar-refractivity contribution in [1.82, 2.24) is 20.1 Å². The summed E-state index contributed by atoms with van der Waals surface area (Å²) in [6, 6.07) is 5.60. The van der Waals surface area contributed by atoms with Crippen molar-refractivity contribution < 1.29 is 41.7 Å². The SMILES string of the molecule is CCOc1c(CC(N)=O)cc([C@@](O)(CNC(=O)c2cc(OC)c3nn(C4CC4)cc3c2)C(F)(F)F)nc1-c1cc(Cl)c(Cl)cc1F. The molecule has 1 saturated carbocycles. The largest absolute Gasteiger partial charge is 0.494 e. The number of nitrogens with two attached hydrogens (primary N) is 1. The normalized spacial score (nSPS) is 14.6. The van der Waals surface area contributed by atoms with Crippen LogP contribution >= 0.6 is 23.2 Å². The van der Waals surface area contributed by atoms with Gasteiger partial charge in [0.25, 0.3) is 5.91 Å². The van der Waals surface area contributed by atoms with Gasteiger partial charge in [0.1, 0.15) is 28.5 Å². The minimum atomic E-state index is -5.44. The van der Waals surface area contributed by atoms with Gasteiger partial charge in [-0.15, -0.1) is 0 Å². The Kier molecular flexibility index (Phi) is 9.08. The molecule has 2 amide bonds. The molecular weight excluding hydrogens is 657 g/mol. The van der Waals surface area contributed by atoms with Crippen molar-refractivity contribution in [3.63, 3.8) is 0 Å². The Morgan fingerprint density at radius 2 is 1.85 bits per heavy atom. The number of amides is 2. The van der Waals surface area contributed by atoms with Gasteiger partial charge in [-0.05, 0) is 50.1 Å². The van der Waals surface area contributed by atoms with Crippen LogP contribution in [0, 0.1) is 5.82 Å². The average molecular weight is 684 g/mol. The number of hydrogen-bond donors (Lipinski definition) is 3. The van der Waals surface area contributed by atoms with Crippen LogP contribution in [0.4, 0.5) is 17.6 Å². The van der Waals surface area contributed by atoms with Gasteiger partial charge in [0.15, 0.2) is 0 Å². The van der Waals surface area contributed by atoms with Crippen LogP contribution in [0.3, 0.4) is 0 Å². The Labute approximate surface area is 269 Å². The molecule has 10 nitrogen and oxygen atoms in total. The molecular formula is C30H27Cl2F4N5O5. The molecule has 4 N–H and O–H groups in total. The Morgan fingerprint density at radius 1 is 1.15 bits per heavy atom. The molecule has 2 heterocycles. The topological polar surface area (TPSA) is 142 Å². The fraction of sp³-hybridized carbons (Fsp3) is 0.333. The number of carbonyl (C=O) groups excluding carboxylic acids is 2. The second kappa shape index (κ2) is 12.6. The van der Waals surface area contributed by atoms with Gasteiger partial charge < -0.3 is 25.6 Å². The van der Waals surface area contributed by atoms with Gasteiger partial charge in [-0.25, -0.2) is 9.37 Å². The van der Waals surface area contributed by atoms with E-state index in [2.05, 4.69) is 15.4 Å². The van der Waals surface area contributed by atoms with Crippen LogP contribution in [-0.4, -0.2) is 58.1 Å². The molecule has 46 heavy (non-hydrogen) atoms. The Bertz CT molecular complexity index is 1850. The van der Waals surface area contributed by atoms with Crippen LogP contribution < -0.4 is 20.5 Å². The number of nitrogens with one attached hydrogen (secondary N) is 1. The molecule has 0 aliphatic heterocycles. The van der Waals surface area contributed by atoms with Gasteiger partial charge in [0.05, 0.1) is 48.5 Å². The van der Waals surface area contributed by atoms with Crippen molar-refractivity contribution in [1.29, 1.82) is 0 Å². The number of rotatable bonds is 11. The number of primary amides is 1. The van der Waals surface area contributed by atoms with Crippen molar-refractivity contribution in [2.24, 2.45) is 5.73 Å². The highest BCUT2D eigenvalue weighted by molar-refractivity contribution is 6.42. The molecule has 1 fully saturated rings. The number of pyridine rings is 1. The molecule has 0 radical (unpaired) electrons. The van der Waals surface area contributed by atoms with Crippen LogP contribution in [0.15, 0.2) is 36.5 Å². The Hall–Kier alpha value is -4.14. The van der Waals surface area contributed by atoms with Crippen LogP contribution in [0.2, 0.25) is 10.0 Å². The fourth-order valence-electron chi connectivity index (χ4n) is 4.89. The summed E-state index contributed by atoms with van der Waals surface area (Å²) in [6.07, 6.45) is -2.49. The Morgan fingerprint density at radius 3 is 2.46 bits per heavy atom. The minimum absolute atomic E-state index is 0.0585. The van der Waals surface area contributed by atoms with E-state index in [1.54, 1.807) is 17.8 Å². The standard InChI is InChI=1S/C30H27Cl2F4N5O5/c1-3-46-27-14(9-24(37)42)8-23(39-26(27)18-10-19(31)20(32)11-21(18)33)29(44,30(34,35)36)13-38-28(43)15-6-16-12-41(17-4-5-17)40-25(16)22(7-15)45-2/h6-8,10-12,17,44H,3-5,9,13H2,1-2H3,(H2,37,42)(H,38,43)/t29-/m0/s1. The first kappa shape index (κ1) is 33.2. The number of nitrogens with zero attached hydrogens (tertiary/aromatic N) is 3. The number of fused-ring (bicyclic) bond motifs is 1. The van der Waals surface area contributed by atoms with Gasteiger partial charge in [0, 0.05) is 28.3 Å². The molecule has 1 atom stereocenters. The first-order chi connectivity index (χ1) is 21.7. The van der Waals surface area contributed by atoms with Gasteiger partial charge in [-0.3, -0.25) is 14.3 Å². The molecule has 1 aliphatic rings. The molecule has 0 saturated heterocycles. The number of carbonyl (C=O) groups is 2. The number of ether oxygens (including phenoxy) is 2. The van der Waals surface area contributed by atoms with E-state index in [9.17, 15) is 27.9 Å². The summed E-state index contributed by atoms with van der Waals surface area (Å²) in [6.45, 7) is 0.0643. The van der Waals surface area contributed by atoms with E-state index in [4.69, 9.17) is 38.4 Å². The first-order valence-electron chi connectivity index (χ1n) is 13.9. The number of alkyl halides is 3. The zero-order valence-corrected chi connectivity index (χ0v) is 25.9. The van der Waals surface area contributed by atoms with Crippen LogP contribution in [0.1, 0.15) is 47.4 Å². The van der Waals surface area contributed by atoms with Gasteiger partial charge >= 0.3 is 6.18 Å². The molecule has 2 aromatic heterocycles. The number of methoxy groups -OCH3 is 1. The number of aliphatic hydroxyl groups is 1. The van der Waals surface area contributed by atoms with Crippen molar-refractivity contribution in [2.75, 3.05) is 20.3 Å². The zero-order chi connectivity index (χ0) is 33.6. The molecule has 5 rings (SSSR count). The molecule has 0 spiro atoms. The number of benzene rings is 2. The predicted octanol–water partition coefficient (Wildman–Crippen LogP) is 5.49. The number of hydrogen-bond acceptors (Lipinski definition) is 7. The van der Waals surface area contributed by atoms with Crippen LogP contribution in [0.25, 0.3) is 22.2 Å². The quantitative estimate of drug-likeness (QED) is 0.140. The smallest absolute Gasteiger partial charge is 0.424 e.